The van der Waals surface area contributed by atoms with Crippen LogP contribution in [0.2, 0.25) is 5.28 Å². The second-order valence-corrected chi connectivity index (χ2v) is 1.59. The van der Waals surface area contributed by atoms with Gasteiger partial charge < -0.3 is 5.73 Å². The maximum Gasteiger partial charge on any atom is 0.224 e. The fraction of sp³-hybridized carbons (Fsp3) is 0. The number of hydrogen-bond acceptors (Lipinski definition) is 3. The largest absolute Gasteiger partial charge is 0.384 e. The molecule has 0 atom stereocenters. The summed E-state index contributed by atoms with van der Waals surface area (Å²) in [4.78, 5) is 7.22. The molecule has 10 heavy (non-hydrogen) atoms. The van der Waals surface area contributed by atoms with E-state index in [9.17, 15) is 0 Å². The smallest absolute Gasteiger partial charge is 0.224 e. The van der Waals surface area contributed by atoms with Crippen molar-refractivity contribution in [2.75, 3.05) is 5.73 Å². The van der Waals surface area contributed by atoms with Crippen molar-refractivity contribution in [2.45, 2.75) is 0 Å². The van der Waals surface area contributed by atoms with Gasteiger partial charge in [0.05, 0.1) is 0 Å². The van der Waals surface area contributed by atoms with Gasteiger partial charge in [-0.15, -0.1) is 24.8 Å². The fourth-order valence-corrected chi connectivity index (χ4v) is 0.502. The van der Waals surface area contributed by atoms with Gasteiger partial charge in [-0.2, -0.15) is 0 Å². The lowest BCUT2D eigenvalue weighted by Gasteiger charge is -1.87. The predicted molar refractivity (Wildman–Crippen MR) is 46.0 cm³/mol. The molecule has 0 saturated heterocycles. The third-order valence-corrected chi connectivity index (χ3v) is 0.830. The lowest BCUT2D eigenvalue weighted by molar-refractivity contribution is 1.18. The Morgan fingerprint density at radius 3 is 2.30 bits per heavy atom. The van der Waals surface area contributed by atoms with Crippen LogP contribution in [0.3, 0.4) is 0 Å². The molecule has 1 heterocycles. The maximum absolute atomic E-state index is 5.34. The molecule has 0 aromatic carbocycles. The van der Waals surface area contributed by atoms with Crippen LogP contribution in [-0.4, -0.2) is 9.97 Å². The number of hydrogen-bond donors (Lipinski definition) is 1. The van der Waals surface area contributed by atoms with Crippen LogP contribution in [0, 0.1) is 0 Å². The Balaban J connectivity index is 0. The Morgan fingerprint density at radius 2 is 2.00 bits per heavy atom. The zero-order chi connectivity index (χ0) is 5.98. The molecule has 0 radical (unpaired) electrons. The van der Waals surface area contributed by atoms with E-state index >= 15 is 0 Å². The van der Waals surface area contributed by atoms with Crippen molar-refractivity contribution in [3.8, 4) is 0 Å². The van der Waals surface area contributed by atoms with Crippen molar-refractivity contribution < 1.29 is 0 Å². The monoisotopic (exact) mass is 201 g/mol. The molecule has 1 rings (SSSR count). The molecule has 0 saturated carbocycles. The van der Waals surface area contributed by atoms with Gasteiger partial charge >= 0.3 is 0 Å². The van der Waals surface area contributed by atoms with Crippen molar-refractivity contribution in [1.29, 1.82) is 0 Å². The van der Waals surface area contributed by atoms with E-state index in [2.05, 4.69) is 9.97 Å². The van der Waals surface area contributed by atoms with Gasteiger partial charge in [-0.1, -0.05) is 0 Å². The van der Waals surface area contributed by atoms with Gasteiger partial charge in [0.15, 0.2) is 0 Å². The van der Waals surface area contributed by atoms with Crippen molar-refractivity contribution in [3.05, 3.63) is 17.5 Å². The van der Waals surface area contributed by atoms with E-state index in [1.807, 2.05) is 0 Å². The lowest BCUT2D eigenvalue weighted by Crippen LogP contribution is -1.89. The highest BCUT2D eigenvalue weighted by Crippen LogP contribution is 1.99. The standard InChI is InChI=1S/C4H4ClN3.2ClH/c5-4-7-2-1-3(6)8-4;;/h1-2H,(H2,6,7,8);2*1H. The average molecular weight is 202 g/mol. The molecular formula is C4H6Cl3N3. The summed E-state index contributed by atoms with van der Waals surface area (Å²) in [7, 11) is 0. The molecule has 6 heteroatoms. The van der Waals surface area contributed by atoms with Crippen LogP contribution in [-0.2, 0) is 0 Å². The number of aromatic nitrogens is 2. The molecule has 0 spiro atoms. The summed E-state index contributed by atoms with van der Waals surface area (Å²) in [5, 5.41) is 0.185. The number of nitrogens with zero attached hydrogens (tertiary/aromatic N) is 2. The topological polar surface area (TPSA) is 51.8 Å². The Labute approximate surface area is 75.8 Å². The molecule has 0 bridgehead atoms. The molecule has 1 aromatic heterocycles. The highest BCUT2D eigenvalue weighted by Gasteiger charge is 1.86. The van der Waals surface area contributed by atoms with E-state index < -0.39 is 0 Å². The van der Waals surface area contributed by atoms with Crippen LogP contribution in [0.15, 0.2) is 12.3 Å². The first-order valence-electron chi connectivity index (χ1n) is 2.03. The van der Waals surface area contributed by atoms with Crippen molar-refractivity contribution in [3.63, 3.8) is 0 Å². The first kappa shape index (κ1) is 12.4. The van der Waals surface area contributed by atoms with E-state index in [0.29, 0.717) is 5.82 Å². The molecule has 0 fully saturated rings. The SMILES string of the molecule is Cl.Cl.Nc1ccnc(Cl)n1. The number of rotatable bonds is 0. The molecule has 0 amide bonds. The molecular weight excluding hydrogens is 196 g/mol. The average Bonchev–Trinajstić information content (AvgIpc) is 1.64. The summed E-state index contributed by atoms with van der Waals surface area (Å²) < 4.78 is 0. The third kappa shape index (κ3) is 3.71. The van der Waals surface area contributed by atoms with Crippen molar-refractivity contribution in [1.82, 2.24) is 9.97 Å². The third-order valence-electron chi connectivity index (χ3n) is 0.648. The minimum absolute atomic E-state index is 0. The van der Waals surface area contributed by atoms with Gasteiger partial charge in [-0.05, 0) is 17.7 Å². The van der Waals surface area contributed by atoms with Gasteiger partial charge in [0.25, 0.3) is 0 Å². The quantitative estimate of drug-likeness (QED) is 0.650. The van der Waals surface area contributed by atoms with E-state index in [0.717, 1.165) is 0 Å². The first-order valence-corrected chi connectivity index (χ1v) is 2.41. The van der Waals surface area contributed by atoms with E-state index in [1.165, 1.54) is 6.20 Å². The molecule has 1 aromatic rings. The highest BCUT2D eigenvalue weighted by molar-refractivity contribution is 6.28. The zero-order valence-electron chi connectivity index (χ0n) is 4.82. The number of halogens is 3. The first-order chi connectivity index (χ1) is 3.79. The van der Waals surface area contributed by atoms with E-state index in [4.69, 9.17) is 17.3 Å². The normalized spacial score (nSPS) is 7.30. The molecule has 0 aliphatic heterocycles. The van der Waals surface area contributed by atoms with E-state index in [-0.39, 0.29) is 30.1 Å². The number of nitrogens with two attached hydrogens (primary N) is 1. The Bertz CT molecular complexity index is 176. The zero-order valence-corrected chi connectivity index (χ0v) is 7.21. The van der Waals surface area contributed by atoms with Crippen LogP contribution >= 0.6 is 36.4 Å². The van der Waals surface area contributed by atoms with Crippen LogP contribution in [0.1, 0.15) is 0 Å². The van der Waals surface area contributed by atoms with Gasteiger partial charge in [0.2, 0.25) is 5.28 Å². The van der Waals surface area contributed by atoms with E-state index in [1.54, 1.807) is 6.07 Å². The Hall–Kier alpha value is -0.250. The molecule has 0 aliphatic rings. The van der Waals surface area contributed by atoms with Crippen molar-refractivity contribution in [2.24, 2.45) is 0 Å². The van der Waals surface area contributed by atoms with Gasteiger partial charge in [0.1, 0.15) is 5.82 Å². The molecule has 0 aliphatic carbocycles. The van der Waals surface area contributed by atoms with Crippen LogP contribution < -0.4 is 5.73 Å². The van der Waals surface area contributed by atoms with Crippen molar-refractivity contribution >= 4 is 42.2 Å². The van der Waals surface area contributed by atoms with Gasteiger partial charge in [-0.3, -0.25) is 0 Å². The predicted octanol–water partition coefficient (Wildman–Crippen LogP) is 1.56. The Morgan fingerprint density at radius 1 is 1.40 bits per heavy atom. The van der Waals surface area contributed by atoms with Crippen LogP contribution in [0.5, 0.6) is 0 Å². The lowest BCUT2D eigenvalue weighted by atomic mass is 10.6. The molecule has 2 N–H and O–H groups in total. The number of nitrogen functional groups attached to an aromatic ring is 1. The number of anilines is 1. The summed E-state index contributed by atoms with van der Waals surface area (Å²) in [5.74, 6) is 0.394. The van der Waals surface area contributed by atoms with Gasteiger partial charge in [0, 0.05) is 6.20 Å². The van der Waals surface area contributed by atoms with Crippen LogP contribution in [0.25, 0.3) is 0 Å². The minimum Gasteiger partial charge on any atom is -0.384 e. The minimum atomic E-state index is 0. The molecule has 0 unspecified atom stereocenters. The second-order valence-electron chi connectivity index (χ2n) is 1.25. The summed E-state index contributed by atoms with van der Waals surface area (Å²) >= 11 is 5.34. The van der Waals surface area contributed by atoms with Crippen LogP contribution in [0.4, 0.5) is 5.82 Å². The highest BCUT2D eigenvalue weighted by atomic mass is 35.5. The summed E-state index contributed by atoms with van der Waals surface area (Å²) in [6.45, 7) is 0. The summed E-state index contributed by atoms with van der Waals surface area (Å²) in [6.07, 6.45) is 1.50. The molecule has 58 valence electrons. The Kier molecular flexibility index (Phi) is 6.87. The van der Waals surface area contributed by atoms with Gasteiger partial charge in [-0.25, -0.2) is 9.97 Å². The fourth-order valence-electron chi connectivity index (χ4n) is 0.348. The molecule has 3 nitrogen and oxygen atoms in total. The second kappa shape index (κ2) is 5.53. The summed E-state index contributed by atoms with van der Waals surface area (Å²) in [5.41, 5.74) is 5.22. The maximum atomic E-state index is 5.34. The summed E-state index contributed by atoms with van der Waals surface area (Å²) in [6, 6.07) is 1.58.